The molecule has 102 heavy (non-hydrogen) atoms. The minimum atomic E-state index is -4.99. The Balaban J connectivity index is 5.39. The fourth-order valence-corrected chi connectivity index (χ4v) is 12.9. The molecule has 2 unspecified atom stereocenters. The highest BCUT2D eigenvalue weighted by Crippen LogP contribution is 2.45. The van der Waals surface area contributed by atoms with Gasteiger partial charge in [-0.15, -0.1) is 0 Å². The molecule has 0 aliphatic heterocycles. The molecule has 5 atom stereocenters. The van der Waals surface area contributed by atoms with Crippen LogP contribution < -0.4 is 0 Å². The molecular weight excluding hydrogens is 1330 g/mol. The van der Waals surface area contributed by atoms with Crippen molar-refractivity contribution >= 4 is 39.5 Å². The highest BCUT2D eigenvalue weighted by Gasteiger charge is 2.30. The van der Waals surface area contributed by atoms with Crippen molar-refractivity contribution in [3.05, 3.63) is 72.9 Å². The summed E-state index contributed by atoms with van der Waals surface area (Å²) < 4.78 is 68.6. The van der Waals surface area contributed by atoms with E-state index >= 15 is 0 Å². The van der Waals surface area contributed by atoms with E-state index < -0.39 is 97.5 Å². The predicted molar refractivity (Wildman–Crippen MR) is 418 cm³/mol. The minimum Gasteiger partial charge on any atom is -0.462 e. The number of hydrogen-bond donors (Lipinski definition) is 3. The van der Waals surface area contributed by atoms with Gasteiger partial charge in [0.1, 0.15) is 19.3 Å². The molecule has 19 heteroatoms. The number of esters is 4. The molecule has 0 fully saturated rings. The lowest BCUT2D eigenvalue weighted by Crippen LogP contribution is -2.30. The van der Waals surface area contributed by atoms with Gasteiger partial charge in [0.25, 0.3) is 0 Å². The Morgan fingerprint density at radius 1 is 0.275 bits per heavy atom. The van der Waals surface area contributed by atoms with Crippen LogP contribution in [0.15, 0.2) is 72.9 Å². The zero-order chi connectivity index (χ0) is 74.6. The summed E-state index contributed by atoms with van der Waals surface area (Å²) in [6.07, 6.45) is 77.3. The van der Waals surface area contributed by atoms with E-state index in [1.807, 2.05) is 12.2 Å². The Morgan fingerprint density at radius 2 is 0.490 bits per heavy atom. The summed E-state index contributed by atoms with van der Waals surface area (Å²) in [7, 11) is -9.96. The number of rotatable bonds is 78. The molecule has 0 saturated carbocycles. The molecule has 0 radical (unpaired) electrons. The number of aliphatic hydroxyl groups is 1. The van der Waals surface area contributed by atoms with E-state index in [4.69, 9.17) is 37.0 Å². The molecule has 3 N–H and O–H groups in total. The maximum Gasteiger partial charge on any atom is 0.472 e. The van der Waals surface area contributed by atoms with Gasteiger partial charge in [0.05, 0.1) is 26.4 Å². The van der Waals surface area contributed by atoms with Crippen LogP contribution in [0.25, 0.3) is 0 Å². The molecule has 0 rings (SSSR count). The van der Waals surface area contributed by atoms with Crippen molar-refractivity contribution in [2.45, 2.75) is 393 Å². The largest absolute Gasteiger partial charge is 0.472 e. The zero-order valence-electron chi connectivity index (χ0n) is 65.0. The third kappa shape index (κ3) is 74.8. The third-order valence-electron chi connectivity index (χ3n) is 17.7. The molecule has 0 aromatic carbocycles. The standard InChI is InChI=1S/C83H150O17P2/c1-5-9-13-17-21-25-29-33-37-38-42-46-50-54-58-62-66-70-83(88)100-79(74-94-81(86)68-64-60-56-52-48-44-40-35-31-27-23-19-15-11-7-3)76-98-102(91,92)96-72-77(84)71-95-101(89,90)97-75-78(99-82(87)69-65-61-57-53-49-45-41-36-32-28-24-20-16-12-8-4)73-93-80(85)67-63-59-55-51-47-43-39-34-30-26-22-18-14-10-6-2/h21-22,25-26,33-34,37,39,42,46,54,58,77-79,84H,5-20,23-24,27-32,35-36,38,40-41,43-45,47-53,55-57,59-76H2,1-4H3,(H,89,90)(H,91,92)/b25-21-,26-22-,37-33-,39-34-,46-42-,58-54-/t77-,78+,79+/m0/s1. The lowest BCUT2D eigenvalue weighted by atomic mass is 10.0. The van der Waals surface area contributed by atoms with Gasteiger partial charge in [0, 0.05) is 25.7 Å². The van der Waals surface area contributed by atoms with E-state index in [0.717, 1.165) is 116 Å². The minimum absolute atomic E-state index is 0.0234. The van der Waals surface area contributed by atoms with Gasteiger partial charge in [-0.1, -0.05) is 325 Å². The molecule has 17 nitrogen and oxygen atoms in total. The SMILES string of the molecule is CCCCC/C=C\C/C=C\C/C=C\C/C=C\CCCC(=O)O[C@H](COC(=O)CCCCCCCCCCCCCCCCC)COP(=O)(O)OC[C@@H](O)COP(=O)(O)OC[C@@H](COC(=O)CCCCCCC/C=C\C/C=C\CCCCC)OC(=O)CCCCCCCCCCCCCCCCC. The van der Waals surface area contributed by atoms with Crippen LogP contribution in [0.4, 0.5) is 0 Å². The van der Waals surface area contributed by atoms with Crippen molar-refractivity contribution in [3.8, 4) is 0 Å². The van der Waals surface area contributed by atoms with Gasteiger partial charge in [-0.05, 0) is 96.3 Å². The normalized spacial score (nSPS) is 14.2. The average molecular weight is 1480 g/mol. The van der Waals surface area contributed by atoms with Crippen LogP contribution in [0.5, 0.6) is 0 Å². The molecular formula is C83H150O17P2. The fraction of sp³-hybridized carbons (Fsp3) is 0.807. The Morgan fingerprint density at radius 3 is 0.794 bits per heavy atom. The van der Waals surface area contributed by atoms with Gasteiger partial charge in [-0.25, -0.2) is 9.13 Å². The van der Waals surface area contributed by atoms with E-state index in [1.54, 1.807) is 0 Å². The van der Waals surface area contributed by atoms with E-state index in [0.29, 0.717) is 32.1 Å². The number of hydrogen-bond acceptors (Lipinski definition) is 15. The van der Waals surface area contributed by atoms with Crippen LogP contribution >= 0.6 is 15.6 Å². The summed E-state index contributed by atoms with van der Waals surface area (Å²) in [6, 6.07) is 0. The van der Waals surface area contributed by atoms with Crippen molar-refractivity contribution in [1.29, 1.82) is 0 Å². The molecule has 0 aliphatic carbocycles. The quantitative estimate of drug-likeness (QED) is 0.0169. The highest BCUT2D eigenvalue weighted by molar-refractivity contribution is 7.47. The van der Waals surface area contributed by atoms with Crippen molar-refractivity contribution < 1.29 is 80.2 Å². The first-order chi connectivity index (χ1) is 49.7. The average Bonchev–Trinajstić information content (AvgIpc) is 0.917. The number of allylic oxidation sites excluding steroid dienone is 12. The lowest BCUT2D eigenvalue weighted by molar-refractivity contribution is -0.161. The number of carbonyl (C=O) groups is 4. The second kappa shape index (κ2) is 75.7. The molecule has 0 spiro atoms. The van der Waals surface area contributed by atoms with Gasteiger partial charge in [0.15, 0.2) is 12.2 Å². The van der Waals surface area contributed by atoms with Gasteiger partial charge >= 0.3 is 39.5 Å². The summed E-state index contributed by atoms with van der Waals surface area (Å²) in [6.45, 7) is 4.83. The van der Waals surface area contributed by atoms with Crippen LogP contribution in [0.3, 0.4) is 0 Å². The van der Waals surface area contributed by atoms with Crippen molar-refractivity contribution in [1.82, 2.24) is 0 Å². The van der Waals surface area contributed by atoms with Crippen molar-refractivity contribution in [3.63, 3.8) is 0 Å². The van der Waals surface area contributed by atoms with Crippen LogP contribution in [-0.2, 0) is 65.4 Å². The fourth-order valence-electron chi connectivity index (χ4n) is 11.4. The number of carbonyl (C=O) groups excluding carboxylic acids is 4. The summed E-state index contributed by atoms with van der Waals surface area (Å²) in [5.74, 6) is -2.22. The van der Waals surface area contributed by atoms with E-state index in [9.17, 15) is 43.2 Å². The van der Waals surface area contributed by atoms with Crippen molar-refractivity contribution in [2.24, 2.45) is 0 Å². The maximum absolute atomic E-state index is 13.1. The molecule has 0 aromatic rings. The molecule has 0 aromatic heterocycles. The topological polar surface area (TPSA) is 237 Å². The predicted octanol–water partition coefficient (Wildman–Crippen LogP) is 24.0. The zero-order valence-corrected chi connectivity index (χ0v) is 66.8. The maximum atomic E-state index is 13.1. The second-order valence-electron chi connectivity index (χ2n) is 27.7. The molecule has 0 saturated heterocycles. The summed E-state index contributed by atoms with van der Waals surface area (Å²) in [5, 5.41) is 10.6. The van der Waals surface area contributed by atoms with Crippen LogP contribution in [0.2, 0.25) is 0 Å². The molecule has 0 aliphatic rings. The molecule has 0 bridgehead atoms. The number of unbranched alkanes of at least 4 members (excludes halogenated alkanes) is 40. The van der Waals surface area contributed by atoms with Crippen LogP contribution in [-0.4, -0.2) is 96.7 Å². The van der Waals surface area contributed by atoms with Crippen LogP contribution in [0.1, 0.15) is 374 Å². The molecule has 0 heterocycles. The summed E-state index contributed by atoms with van der Waals surface area (Å²) >= 11 is 0. The summed E-state index contributed by atoms with van der Waals surface area (Å²) in [5.41, 5.74) is 0. The van der Waals surface area contributed by atoms with Gasteiger partial charge < -0.3 is 33.8 Å². The first kappa shape index (κ1) is 98.5. The smallest absolute Gasteiger partial charge is 0.462 e. The van der Waals surface area contributed by atoms with Gasteiger partial charge in [-0.2, -0.15) is 0 Å². The molecule has 0 amide bonds. The highest BCUT2D eigenvalue weighted by atomic mass is 31.2. The number of phosphoric acid groups is 2. The molecule has 594 valence electrons. The number of aliphatic hydroxyl groups excluding tert-OH is 1. The number of phosphoric ester groups is 2. The Kier molecular flexibility index (Phi) is 73.1. The van der Waals surface area contributed by atoms with Crippen molar-refractivity contribution in [2.75, 3.05) is 39.6 Å². The van der Waals surface area contributed by atoms with Gasteiger partial charge in [0.2, 0.25) is 0 Å². The van der Waals surface area contributed by atoms with Crippen LogP contribution in [0, 0.1) is 0 Å². The summed E-state index contributed by atoms with van der Waals surface area (Å²) in [4.78, 5) is 73.0. The van der Waals surface area contributed by atoms with Gasteiger partial charge in [-0.3, -0.25) is 37.3 Å². The Labute approximate surface area is 622 Å². The lowest BCUT2D eigenvalue weighted by Gasteiger charge is -2.21. The monoisotopic (exact) mass is 1480 g/mol. The Hall–Kier alpha value is -3.50. The number of ether oxygens (including phenoxy) is 4. The first-order valence-corrected chi connectivity index (χ1v) is 44.2. The van der Waals surface area contributed by atoms with E-state index in [1.165, 1.54) is 173 Å². The first-order valence-electron chi connectivity index (χ1n) is 41.2. The third-order valence-corrected chi connectivity index (χ3v) is 19.6. The second-order valence-corrected chi connectivity index (χ2v) is 30.6. The Bertz CT molecular complexity index is 2210. The van der Waals surface area contributed by atoms with E-state index in [-0.39, 0.29) is 25.7 Å². The van der Waals surface area contributed by atoms with E-state index in [2.05, 4.69) is 88.5 Å².